The van der Waals surface area contributed by atoms with Crippen LogP contribution in [-0.2, 0) is 89.4 Å². The number of unbranched alkanes of at least 4 members (excludes halogenated alkanes) is 6. The van der Waals surface area contributed by atoms with E-state index in [0.717, 1.165) is 49.3 Å². The maximum atomic E-state index is 13.8. The standard InChI is InChI=1S/C92H127N15O24S6/c1-91(2)68-55-66(136(121,122)123)32-34-73(68)106(77(91)36-26-59-18-17-19-60(84(59)131-64-28-30-65(31-29-64)135(118,119)120)27-37-78-92(3,4)69-56-67(137(124,125)126)33-35-74(69)107(78)44-15-16-51-134(115,116)117)43-14-6-7-23-79(108)96-40-46-129-49-50-130-48-42-99-90(114)100-63-53-61(52-62(54-63)86(112)98-41-47-128-45-39-95-80(109)24-10-8-21-75-82-71(57-132-75)102-88(93)104-82)85(111)97-38-13-12-20-70(87(113)127-5)101-81(110)25-11-9-22-76-83-72(58-133-76)103-89(94)105-83/h26-37,52-56,70-72,75-76,82-83H,6-25,38-51,57-58H2,1-5H3,(H16-,93,94,95,96,97,98,99,100,101,102,103,104,105,108,109,110,111,112,114,115,116,117,118,119,120,121,122,123,124,125,126)/p+1/t70-,71-,72-,75-,76-,82-,83-/m0/s1. The van der Waals surface area contributed by atoms with Gasteiger partial charge in [0.25, 0.3) is 52.3 Å². The third-order valence-corrected chi connectivity index (χ3v) is 31.3. The first-order valence-electron chi connectivity index (χ1n) is 46.2. The lowest BCUT2D eigenvalue weighted by Gasteiger charge is -2.27. The van der Waals surface area contributed by atoms with Crippen molar-refractivity contribution in [2.24, 2.45) is 0 Å². The minimum Gasteiger partial charge on any atom is -0.467 e. The van der Waals surface area contributed by atoms with Gasteiger partial charge in [-0.05, 0) is 205 Å². The molecule has 0 unspecified atom stereocenters. The molecule has 750 valence electrons. The Balaban J connectivity index is 0.637. The number of amides is 7. The number of fused-ring (bicyclic) bond motifs is 4. The van der Waals surface area contributed by atoms with Crippen LogP contribution in [-0.4, -0.2) is 266 Å². The Morgan fingerprint density at radius 3 is 1.68 bits per heavy atom. The Morgan fingerprint density at radius 1 is 0.555 bits per heavy atom. The van der Waals surface area contributed by atoms with Crippen LogP contribution in [0.1, 0.15) is 188 Å². The molecule has 0 saturated carbocycles. The summed E-state index contributed by atoms with van der Waals surface area (Å²) in [4.78, 5) is 93.3. The third kappa shape index (κ3) is 31.2. The van der Waals surface area contributed by atoms with Gasteiger partial charge in [0.15, 0.2) is 17.6 Å². The van der Waals surface area contributed by atoms with E-state index in [1.165, 1.54) is 73.8 Å². The van der Waals surface area contributed by atoms with E-state index in [2.05, 4.69) is 63.1 Å². The number of ether oxygens (including phenoxy) is 5. The van der Waals surface area contributed by atoms with Crippen molar-refractivity contribution in [1.29, 1.82) is 10.8 Å². The molecule has 7 atom stereocenters. The van der Waals surface area contributed by atoms with E-state index >= 15 is 0 Å². The number of benzene rings is 4. The summed E-state index contributed by atoms with van der Waals surface area (Å²) in [5.74, 6) is 0.422. The molecule has 137 heavy (non-hydrogen) atoms. The third-order valence-electron chi connectivity index (χ3n) is 24.9. The molecule has 0 bridgehead atoms. The number of methoxy groups -OCH3 is 1. The van der Waals surface area contributed by atoms with E-state index in [0.29, 0.717) is 145 Å². The molecular weight excluding hydrogens is 1890 g/mol. The number of allylic oxidation sites excluding steroid dienone is 7. The molecule has 7 amide bonds. The summed E-state index contributed by atoms with van der Waals surface area (Å²) in [6.07, 6.45) is 18.0. The van der Waals surface area contributed by atoms with Gasteiger partial charge in [0.1, 0.15) is 24.1 Å². The topological polar surface area (TPSA) is 569 Å². The lowest BCUT2D eigenvalue weighted by atomic mass is 9.81. The van der Waals surface area contributed by atoms with Crippen molar-refractivity contribution < 1.29 is 114 Å². The zero-order chi connectivity index (χ0) is 98.8. The summed E-state index contributed by atoms with van der Waals surface area (Å²) < 4.78 is 168. The number of anilines is 2. The Morgan fingerprint density at radius 2 is 1.09 bits per heavy atom. The molecule has 17 N–H and O–H groups in total. The largest absolute Gasteiger partial charge is 0.467 e. The Labute approximate surface area is 808 Å². The fourth-order valence-electron chi connectivity index (χ4n) is 17.8. The van der Waals surface area contributed by atoms with Crippen LogP contribution in [0.4, 0.5) is 21.9 Å². The summed E-state index contributed by atoms with van der Waals surface area (Å²) in [7, 11) is -16.9. The second-order valence-corrected chi connectivity index (χ2v) is 44.0. The number of rotatable bonds is 54. The number of guanidine groups is 2. The van der Waals surface area contributed by atoms with E-state index < -0.39 is 86.9 Å². The smallest absolute Gasteiger partial charge is 0.328 e. The second kappa shape index (κ2) is 49.7. The van der Waals surface area contributed by atoms with Gasteiger partial charge in [0.2, 0.25) is 23.4 Å². The summed E-state index contributed by atoms with van der Waals surface area (Å²) in [5, 5.41) is 48.8. The minimum atomic E-state index is -4.63. The van der Waals surface area contributed by atoms with E-state index in [9.17, 15) is 85.4 Å². The van der Waals surface area contributed by atoms with Gasteiger partial charge in [-0.25, -0.2) is 9.59 Å². The van der Waals surface area contributed by atoms with Crippen LogP contribution >= 0.6 is 23.5 Å². The molecule has 11 rings (SSSR count). The van der Waals surface area contributed by atoms with Crippen molar-refractivity contribution in [2.45, 2.75) is 222 Å². The number of hydrogen-bond donors (Lipinski definition) is 17. The molecule has 4 fully saturated rings. The Bertz CT molecular complexity index is 5700. The average molecular weight is 2020 g/mol. The molecule has 4 aromatic rings. The highest BCUT2D eigenvalue weighted by Gasteiger charge is 2.47. The highest BCUT2D eigenvalue weighted by Crippen LogP contribution is 2.50. The van der Waals surface area contributed by atoms with Gasteiger partial charge in [-0.1, -0.05) is 32.8 Å². The van der Waals surface area contributed by atoms with Crippen molar-refractivity contribution in [3.8, 4) is 5.75 Å². The van der Waals surface area contributed by atoms with Gasteiger partial charge < -0.3 is 87.1 Å². The normalized spacial score (nSPS) is 20.1. The van der Waals surface area contributed by atoms with Gasteiger partial charge in [0, 0.05) is 138 Å². The van der Waals surface area contributed by atoms with Crippen molar-refractivity contribution in [3.05, 3.63) is 148 Å². The zero-order valence-electron chi connectivity index (χ0n) is 77.6. The van der Waals surface area contributed by atoms with Crippen molar-refractivity contribution >= 4 is 140 Å². The first-order valence-corrected chi connectivity index (χ1v) is 54.2. The predicted octanol–water partition coefficient (Wildman–Crippen LogP) is 8.19. The summed E-state index contributed by atoms with van der Waals surface area (Å²) in [6.45, 7) is 9.91. The molecule has 6 aliphatic heterocycles. The van der Waals surface area contributed by atoms with Gasteiger partial charge in [0.05, 0.1) is 96.8 Å². The van der Waals surface area contributed by atoms with Crippen molar-refractivity contribution in [3.63, 3.8) is 0 Å². The molecule has 6 heterocycles. The zero-order valence-corrected chi connectivity index (χ0v) is 82.5. The predicted molar refractivity (Wildman–Crippen MR) is 520 cm³/mol. The number of carbonyl (C=O) groups is 7. The van der Waals surface area contributed by atoms with Crippen LogP contribution in [0.25, 0.3) is 0 Å². The van der Waals surface area contributed by atoms with Crippen molar-refractivity contribution in [2.75, 3.05) is 120 Å². The molecule has 4 saturated heterocycles. The molecule has 0 radical (unpaired) electrons. The highest BCUT2D eigenvalue weighted by atomic mass is 32.2. The van der Waals surface area contributed by atoms with Gasteiger partial charge >= 0.3 is 12.0 Å². The van der Waals surface area contributed by atoms with E-state index in [-0.39, 0.29) is 184 Å². The van der Waals surface area contributed by atoms with Crippen LogP contribution in [0, 0.1) is 10.8 Å². The highest BCUT2D eigenvalue weighted by molar-refractivity contribution is 8.00. The maximum absolute atomic E-state index is 13.8. The molecule has 0 spiro atoms. The number of carbonyl (C=O) groups excluding carboxylic acids is 7. The lowest BCUT2D eigenvalue weighted by molar-refractivity contribution is -0.438. The van der Waals surface area contributed by atoms with Crippen molar-refractivity contribution in [1.82, 2.24) is 53.2 Å². The second-order valence-electron chi connectivity index (χ2n) is 35.6. The van der Waals surface area contributed by atoms with Gasteiger partial charge in [-0.2, -0.15) is 61.8 Å². The minimum absolute atomic E-state index is 0.0520. The number of hydrogen-bond acceptors (Lipinski definition) is 25. The fraction of sp³-hybridized carbons (Fsp3) is 0.543. The first-order chi connectivity index (χ1) is 65.1. The quantitative estimate of drug-likeness (QED) is 0.00857. The average Bonchev–Trinajstić information content (AvgIpc) is 1.59. The SMILES string of the molecule is COC(=O)[C@H](CCCCNC(=O)c1cc(NC(=O)NCCOCCOCCNC(=O)CCCCC[N+]2=C(/C=C/C3=C(Oc4ccc(S(=O)(=O)O)cc4)C(=C/C=C4/N(CCCCS(=O)(=O)O)c5ccc(S(=O)(=O)O)cc5C4(C)C)/CCC3)C(C)(C)c3cc(S(=O)(=O)O)ccc32)cc(C(=O)NCCOCCNC(=O)CCCC[C@@H]2SC[C@@H]3NC(=N)N[C@@H]32)c1)NC(=O)CCCC[C@@H]1SC[C@@H]2NC(=N)N[C@@H]21. The first kappa shape index (κ1) is 107. The van der Waals surface area contributed by atoms with E-state index in [1.807, 2.05) is 80.4 Å². The van der Waals surface area contributed by atoms with Crippen LogP contribution in [0.15, 0.2) is 140 Å². The van der Waals surface area contributed by atoms with Crippen LogP contribution in [0.3, 0.4) is 0 Å². The van der Waals surface area contributed by atoms with Crippen LogP contribution < -0.4 is 68.1 Å². The number of thioether (sulfide) groups is 2. The van der Waals surface area contributed by atoms with Crippen LogP contribution in [0.2, 0.25) is 0 Å². The molecule has 1 aliphatic carbocycles. The summed E-state index contributed by atoms with van der Waals surface area (Å²) >= 11 is 3.74. The molecule has 4 aromatic carbocycles. The number of urea groups is 1. The monoisotopic (exact) mass is 2020 g/mol. The number of esters is 1. The summed E-state index contributed by atoms with van der Waals surface area (Å²) in [6, 6.07) is 17.4. The molecule has 7 aliphatic rings. The van der Waals surface area contributed by atoms with Gasteiger partial charge in [-0.15, -0.1) is 0 Å². The molecular formula is C92H128N15O24S6+. The van der Waals surface area contributed by atoms with Crippen LogP contribution in [0.5, 0.6) is 5.75 Å². The Hall–Kier alpha value is -10.0. The van der Waals surface area contributed by atoms with E-state index in [4.69, 9.17) is 34.5 Å². The fourth-order valence-corrected chi connectivity index (χ4v) is 22.9. The Kier molecular flexibility index (Phi) is 38.9. The molecule has 0 aromatic heterocycles. The number of nitrogens with zero attached hydrogens (tertiary/aromatic N) is 2. The lowest BCUT2D eigenvalue weighted by Crippen LogP contribution is -2.41. The maximum Gasteiger partial charge on any atom is 0.328 e. The van der Waals surface area contributed by atoms with Gasteiger partial charge in [-0.3, -0.25) is 53.0 Å². The molecule has 45 heteroatoms. The number of nitrogens with one attached hydrogen (secondary N) is 13. The van der Waals surface area contributed by atoms with E-state index in [1.54, 1.807) is 12.1 Å². The summed E-state index contributed by atoms with van der Waals surface area (Å²) in [5.41, 5.74) is 3.76. The molecule has 39 nitrogen and oxygen atoms in total.